The maximum absolute atomic E-state index is 12.7. The summed E-state index contributed by atoms with van der Waals surface area (Å²) in [6.07, 6.45) is 1.72. The molecule has 1 amide bonds. The van der Waals surface area contributed by atoms with E-state index in [0.29, 0.717) is 23.6 Å². The molecule has 9 heteroatoms. The fourth-order valence-corrected chi connectivity index (χ4v) is 4.08. The molecule has 0 heterocycles. The summed E-state index contributed by atoms with van der Waals surface area (Å²) in [5.74, 6) is 0.768. The fourth-order valence-electron chi connectivity index (χ4n) is 2.87. The zero-order valence-corrected chi connectivity index (χ0v) is 19.8. The lowest BCUT2D eigenvalue weighted by Gasteiger charge is -2.24. The van der Waals surface area contributed by atoms with Crippen LogP contribution < -0.4 is 19.1 Å². The fraction of sp³-hybridized carbons (Fsp3) is 0.350. The van der Waals surface area contributed by atoms with E-state index >= 15 is 0 Å². The topological polar surface area (TPSA) is 84.9 Å². The Morgan fingerprint density at radius 2 is 1.72 bits per heavy atom. The summed E-state index contributed by atoms with van der Waals surface area (Å²) in [5.41, 5.74) is 1.29. The van der Waals surface area contributed by atoms with Crippen LogP contribution in [0.1, 0.15) is 24.9 Å². The average molecular weight is 532 g/mol. The van der Waals surface area contributed by atoms with Gasteiger partial charge in [-0.15, -0.1) is 0 Å². The molecule has 1 N–H and O–H groups in total. The number of ether oxygens (including phenoxy) is 2. The minimum absolute atomic E-state index is 0.291. The highest BCUT2D eigenvalue weighted by molar-refractivity contribution is 14.1. The van der Waals surface area contributed by atoms with Gasteiger partial charge in [-0.2, -0.15) is 0 Å². The monoisotopic (exact) mass is 532 g/mol. The molecule has 29 heavy (non-hydrogen) atoms. The number of sulfonamides is 1. The summed E-state index contributed by atoms with van der Waals surface area (Å²) < 4.78 is 37.1. The summed E-state index contributed by atoms with van der Waals surface area (Å²) >= 11 is 2.14. The van der Waals surface area contributed by atoms with Crippen LogP contribution in [0.15, 0.2) is 42.5 Å². The highest BCUT2D eigenvalue weighted by Crippen LogP contribution is 2.31. The van der Waals surface area contributed by atoms with Gasteiger partial charge in [-0.3, -0.25) is 9.10 Å². The van der Waals surface area contributed by atoms with Crippen LogP contribution in [0, 0.1) is 3.57 Å². The third-order valence-corrected chi connectivity index (χ3v) is 6.22. The van der Waals surface area contributed by atoms with E-state index in [-0.39, 0.29) is 12.6 Å². The minimum Gasteiger partial charge on any atom is -0.493 e. The quantitative estimate of drug-likeness (QED) is 0.501. The van der Waals surface area contributed by atoms with Gasteiger partial charge in [0, 0.05) is 3.57 Å². The van der Waals surface area contributed by atoms with E-state index in [1.807, 2.05) is 13.0 Å². The van der Waals surface area contributed by atoms with Crippen molar-refractivity contribution in [2.75, 3.05) is 31.3 Å². The predicted molar refractivity (Wildman–Crippen MR) is 122 cm³/mol. The standard InChI is InChI=1S/C20H25IN2O5S/c1-5-17(14-6-11-18(27-2)19(12-14)28-3)22-20(24)13-23(29(4,25)26)16-9-7-15(21)8-10-16/h6-12,17H,5,13H2,1-4H3,(H,22,24). The molecule has 2 aromatic carbocycles. The lowest BCUT2D eigenvalue weighted by atomic mass is 10.0. The SMILES string of the molecule is CCC(NC(=O)CN(c1ccc(I)cc1)S(C)(=O)=O)c1ccc(OC)c(OC)c1. The van der Waals surface area contributed by atoms with Gasteiger partial charge in [0.2, 0.25) is 15.9 Å². The summed E-state index contributed by atoms with van der Waals surface area (Å²) in [6.45, 7) is 1.64. The van der Waals surface area contributed by atoms with E-state index in [1.54, 1.807) is 50.6 Å². The van der Waals surface area contributed by atoms with E-state index in [9.17, 15) is 13.2 Å². The molecule has 0 aliphatic carbocycles. The smallest absolute Gasteiger partial charge is 0.241 e. The third-order valence-electron chi connectivity index (χ3n) is 4.36. The maximum atomic E-state index is 12.7. The highest BCUT2D eigenvalue weighted by Gasteiger charge is 2.23. The second-order valence-electron chi connectivity index (χ2n) is 6.39. The van der Waals surface area contributed by atoms with Gasteiger partial charge in [0.1, 0.15) is 6.54 Å². The molecule has 0 saturated carbocycles. The molecule has 0 saturated heterocycles. The molecule has 0 radical (unpaired) electrons. The van der Waals surface area contributed by atoms with Crippen molar-refractivity contribution in [2.45, 2.75) is 19.4 Å². The highest BCUT2D eigenvalue weighted by atomic mass is 127. The number of nitrogens with one attached hydrogen (secondary N) is 1. The summed E-state index contributed by atoms with van der Waals surface area (Å²) in [6, 6.07) is 12.1. The largest absolute Gasteiger partial charge is 0.493 e. The molecule has 7 nitrogen and oxygen atoms in total. The molecule has 0 aliphatic heterocycles. The Kier molecular flexibility index (Phi) is 8.14. The van der Waals surface area contributed by atoms with Gasteiger partial charge < -0.3 is 14.8 Å². The molecule has 2 aromatic rings. The zero-order chi connectivity index (χ0) is 21.6. The van der Waals surface area contributed by atoms with E-state index in [4.69, 9.17) is 9.47 Å². The molecule has 0 bridgehead atoms. The first kappa shape index (κ1) is 23.3. The minimum atomic E-state index is -3.62. The van der Waals surface area contributed by atoms with E-state index in [0.717, 1.165) is 19.7 Å². The summed E-state index contributed by atoms with van der Waals surface area (Å²) in [4.78, 5) is 12.7. The van der Waals surface area contributed by atoms with Crippen molar-refractivity contribution in [2.24, 2.45) is 0 Å². The number of carbonyl (C=O) groups excluding carboxylic acids is 1. The number of amides is 1. The van der Waals surface area contributed by atoms with Crippen molar-refractivity contribution in [3.63, 3.8) is 0 Å². The number of hydrogen-bond acceptors (Lipinski definition) is 5. The van der Waals surface area contributed by atoms with E-state index < -0.39 is 15.9 Å². The second kappa shape index (κ2) is 10.1. The van der Waals surface area contributed by atoms with Crippen molar-refractivity contribution in [3.05, 3.63) is 51.6 Å². The molecule has 158 valence electrons. The van der Waals surface area contributed by atoms with E-state index in [2.05, 4.69) is 27.9 Å². The summed E-state index contributed by atoms with van der Waals surface area (Å²) in [5, 5.41) is 2.91. The Balaban J connectivity index is 2.20. The first-order valence-corrected chi connectivity index (χ1v) is 11.9. The summed E-state index contributed by atoms with van der Waals surface area (Å²) in [7, 11) is -0.515. The number of rotatable bonds is 9. The number of carbonyl (C=O) groups is 1. The number of benzene rings is 2. The Hall–Kier alpha value is -2.01. The van der Waals surface area contributed by atoms with Crippen molar-refractivity contribution in [3.8, 4) is 11.5 Å². The molecule has 0 fully saturated rings. The number of nitrogens with zero attached hydrogens (tertiary/aromatic N) is 1. The molecule has 0 aromatic heterocycles. The van der Waals surface area contributed by atoms with E-state index in [1.165, 1.54) is 0 Å². The van der Waals surface area contributed by atoms with Crippen LogP contribution in [-0.2, 0) is 14.8 Å². The number of hydrogen-bond donors (Lipinski definition) is 1. The maximum Gasteiger partial charge on any atom is 0.241 e. The van der Waals surface area contributed by atoms with Crippen LogP contribution in [0.4, 0.5) is 5.69 Å². The van der Waals surface area contributed by atoms with Gasteiger partial charge in [0.05, 0.1) is 32.2 Å². The predicted octanol–water partition coefficient (Wildman–Crippen LogP) is 3.34. The normalized spacial score (nSPS) is 12.2. The number of anilines is 1. The molecular weight excluding hydrogens is 507 g/mol. The molecular formula is C20H25IN2O5S. The van der Waals surface area contributed by atoms with Gasteiger partial charge in [-0.1, -0.05) is 13.0 Å². The van der Waals surface area contributed by atoms with Crippen LogP contribution in [0.2, 0.25) is 0 Å². The Morgan fingerprint density at radius 3 is 2.24 bits per heavy atom. The number of methoxy groups -OCH3 is 2. The molecule has 2 rings (SSSR count). The Morgan fingerprint density at radius 1 is 1.10 bits per heavy atom. The Labute approximate surface area is 185 Å². The lowest BCUT2D eigenvalue weighted by Crippen LogP contribution is -2.41. The lowest BCUT2D eigenvalue weighted by molar-refractivity contribution is -0.120. The van der Waals surface area contributed by atoms with Crippen molar-refractivity contribution < 1.29 is 22.7 Å². The van der Waals surface area contributed by atoms with Gasteiger partial charge >= 0.3 is 0 Å². The Bertz CT molecular complexity index is 948. The number of halogens is 1. The van der Waals surface area contributed by atoms with Gasteiger partial charge in [0.25, 0.3) is 0 Å². The molecule has 0 aliphatic rings. The second-order valence-corrected chi connectivity index (χ2v) is 9.54. The van der Waals surface area contributed by atoms with Crippen LogP contribution >= 0.6 is 22.6 Å². The average Bonchev–Trinajstić information content (AvgIpc) is 2.69. The molecule has 1 atom stereocenters. The van der Waals surface area contributed by atoms with Crippen LogP contribution in [-0.4, -0.2) is 41.3 Å². The van der Waals surface area contributed by atoms with Crippen LogP contribution in [0.3, 0.4) is 0 Å². The zero-order valence-electron chi connectivity index (χ0n) is 16.8. The van der Waals surface area contributed by atoms with Crippen molar-refractivity contribution >= 4 is 44.2 Å². The first-order valence-electron chi connectivity index (χ1n) is 8.94. The van der Waals surface area contributed by atoms with Crippen LogP contribution in [0.5, 0.6) is 11.5 Å². The third kappa shape index (κ3) is 6.23. The van der Waals surface area contributed by atoms with Crippen molar-refractivity contribution in [1.82, 2.24) is 5.32 Å². The van der Waals surface area contributed by atoms with Crippen molar-refractivity contribution in [1.29, 1.82) is 0 Å². The van der Waals surface area contributed by atoms with Crippen LogP contribution in [0.25, 0.3) is 0 Å². The van der Waals surface area contributed by atoms with Gasteiger partial charge in [-0.25, -0.2) is 8.42 Å². The molecule has 1 unspecified atom stereocenters. The van der Waals surface area contributed by atoms with Gasteiger partial charge in [-0.05, 0) is 71.0 Å². The molecule has 0 spiro atoms. The first-order chi connectivity index (χ1) is 13.7. The van der Waals surface area contributed by atoms with Gasteiger partial charge in [0.15, 0.2) is 11.5 Å².